The summed E-state index contributed by atoms with van der Waals surface area (Å²) in [5, 5.41) is 6.00. The van der Waals surface area contributed by atoms with Gasteiger partial charge < -0.3 is 15.4 Å². The zero-order chi connectivity index (χ0) is 14.4. The van der Waals surface area contributed by atoms with Crippen LogP contribution in [0.25, 0.3) is 0 Å². The minimum Gasteiger partial charge on any atom is -0.467 e. The van der Waals surface area contributed by atoms with E-state index in [9.17, 15) is 9.59 Å². The van der Waals surface area contributed by atoms with Gasteiger partial charge in [0, 0.05) is 6.54 Å². The second-order valence-corrected chi connectivity index (χ2v) is 4.92. The van der Waals surface area contributed by atoms with Gasteiger partial charge in [-0.15, -0.1) is 0 Å². The first-order valence-electron chi connectivity index (χ1n) is 6.86. The third-order valence-corrected chi connectivity index (χ3v) is 3.52. The number of hydrogen-bond acceptors (Lipinski definition) is 4. The topological polar surface area (TPSA) is 67.4 Å². The molecule has 0 radical (unpaired) electrons. The lowest BCUT2D eigenvalue weighted by molar-refractivity contribution is -0.145. The first kappa shape index (κ1) is 14.5. The molecule has 2 atom stereocenters. The summed E-state index contributed by atoms with van der Waals surface area (Å²) >= 11 is 0. The number of hydrogen-bond donors (Lipinski definition) is 2. The van der Waals surface area contributed by atoms with E-state index in [1.807, 2.05) is 18.2 Å². The predicted molar refractivity (Wildman–Crippen MR) is 74.9 cm³/mol. The molecule has 0 spiro atoms. The Morgan fingerprint density at radius 3 is 2.70 bits per heavy atom. The average molecular weight is 276 g/mol. The molecule has 1 heterocycles. The molecule has 1 amide bonds. The van der Waals surface area contributed by atoms with Crippen molar-refractivity contribution in [3.8, 4) is 0 Å². The molecule has 0 saturated carbocycles. The highest BCUT2D eigenvalue weighted by molar-refractivity contribution is 5.86. The Labute approximate surface area is 118 Å². The number of amides is 1. The fourth-order valence-corrected chi connectivity index (χ4v) is 2.38. The maximum atomic E-state index is 12.2. The Morgan fingerprint density at radius 2 is 2.10 bits per heavy atom. The summed E-state index contributed by atoms with van der Waals surface area (Å²) in [5.41, 5.74) is 0.733. The van der Waals surface area contributed by atoms with Gasteiger partial charge in [0.15, 0.2) is 6.04 Å². The van der Waals surface area contributed by atoms with Gasteiger partial charge in [0.05, 0.1) is 13.0 Å². The molecule has 1 aromatic carbocycles. The maximum absolute atomic E-state index is 12.2. The molecular formula is C15H20N2O3. The van der Waals surface area contributed by atoms with Crippen molar-refractivity contribution in [3.63, 3.8) is 0 Å². The molecule has 1 fully saturated rings. The van der Waals surface area contributed by atoms with Crippen LogP contribution in [-0.4, -0.2) is 32.1 Å². The van der Waals surface area contributed by atoms with Gasteiger partial charge in [0.25, 0.3) is 0 Å². The number of nitrogens with one attached hydrogen (secondary N) is 2. The quantitative estimate of drug-likeness (QED) is 0.806. The van der Waals surface area contributed by atoms with Crippen LogP contribution in [0.4, 0.5) is 0 Å². The maximum Gasteiger partial charge on any atom is 0.333 e. The lowest BCUT2D eigenvalue weighted by Gasteiger charge is -2.24. The van der Waals surface area contributed by atoms with Gasteiger partial charge >= 0.3 is 5.97 Å². The summed E-state index contributed by atoms with van der Waals surface area (Å²) in [6, 6.07) is 8.40. The third kappa shape index (κ3) is 3.57. The third-order valence-electron chi connectivity index (χ3n) is 3.52. The van der Waals surface area contributed by atoms with Crippen LogP contribution in [0, 0.1) is 5.92 Å². The van der Waals surface area contributed by atoms with Crippen LogP contribution < -0.4 is 10.6 Å². The van der Waals surface area contributed by atoms with Crippen molar-refractivity contribution in [2.75, 3.05) is 20.2 Å². The van der Waals surface area contributed by atoms with Crippen LogP contribution in [-0.2, 0) is 14.3 Å². The Morgan fingerprint density at radius 1 is 1.35 bits per heavy atom. The highest BCUT2D eigenvalue weighted by Crippen LogP contribution is 2.17. The standard InChI is InChI=1S/C15H20N2O3/c1-20-15(19)13(11-6-3-2-4-7-11)17-14(18)12-8-5-9-16-10-12/h2-4,6-7,12-13,16H,5,8-10H2,1H3,(H,17,18). The van der Waals surface area contributed by atoms with Crippen molar-refractivity contribution < 1.29 is 14.3 Å². The van der Waals surface area contributed by atoms with Crippen LogP contribution in [0.15, 0.2) is 30.3 Å². The van der Waals surface area contributed by atoms with Crippen LogP contribution >= 0.6 is 0 Å². The number of ether oxygens (including phenoxy) is 1. The highest BCUT2D eigenvalue weighted by Gasteiger charge is 2.28. The zero-order valence-corrected chi connectivity index (χ0v) is 11.6. The first-order valence-corrected chi connectivity index (χ1v) is 6.86. The van der Waals surface area contributed by atoms with Crippen LogP contribution in [0.3, 0.4) is 0 Å². The molecule has 5 heteroatoms. The van der Waals surface area contributed by atoms with E-state index in [1.54, 1.807) is 12.1 Å². The molecule has 1 saturated heterocycles. The SMILES string of the molecule is COC(=O)C(NC(=O)C1CCCNC1)c1ccccc1. The summed E-state index contributed by atoms with van der Waals surface area (Å²) in [7, 11) is 1.33. The fourth-order valence-electron chi connectivity index (χ4n) is 2.38. The van der Waals surface area contributed by atoms with E-state index in [0.29, 0.717) is 6.54 Å². The van der Waals surface area contributed by atoms with Gasteiger partial charge in [-0.1, -0.05) is 30.3 Å². The predicted octanol–water partition coefficient (Wildman–Crippen LogP) is 1.02. The number of carbonyl (C=O) groups excluding carboxylic acids is 2. The monoisotopic (exact) mass is 276 g/mol. The van der Waals surface area contributed by atoms with Crippen molar-refractivity contribution in [2.45, 2.75) is 18.9 Å². The smallest absolute Gasteiger partial charge is 0.333 e. The first-order chi connectivity index (χ1) is 9.72. The number of benzene rings is 1. The van der Waals surface area contributed by atoms with Crippen LogP contribution in [0.2, 0.25) is 0 Å². The molecule has 5 nitrogen and oxygen atoms in total. The van der Waals surface area contributed by atoms with E-state index in [1.165, 1.54) is 7.11 Å². The number of esters is 1. The second kappa shape index (κ2) is 7.05. The molecule has 1 aliphatic rings. The lowest BCUT2D eigenvalue weighted by Crippen LogP contribution is -2.43. The summed E-state index contributed by atoms with van der Waals surface area (Å²) < 4.78 is 4.79. The Bertz CT molecular complexity index is 455. The van der Waals surface area contributed by atoms with Gasteiger partial charge in [0.2, 0.25) is 5.91 Å². The molecule has 1 aliphatic heterocycles. The molecule has 2 N–H and O–H groups in total. The molecule has 0 aliphatic carbocycles. The van der Waals surface area contributed by atoms with Crippen molar-refractivity contribution in [2.24, 2.45) is 5.92 Å². The molecule has 20 heavy (non-hydrogen) atoms. The van der Waals surface area contributed by atoms with E-state index >= 15 is 0 Å². The average Bonchev–Trinajstić information content (AvgIpc) is 2.53. The van der Waals surface area contributed by atoms with Gasteiger partial charge in [-0.05, 0) is 24.9 Å². The van der Waals surface area contributed by atoms with Gasteiger partial charge in [-0.2, -0.15) is 0 Å². The molecule has 0 bridgehead atoms. The largest absolute Gasteiger partial charge is 0.467 e. The second-order valence-electron chi connectivity index (χ2n) is 4.92. The molecule has 108 valence electrons. The summed E-state index contributed by atoms with van der Waals surface area (Å²) in [6.45, 7) is 1.61. The molecule has 0 aromatic heterocycles. The fraction of sp³-hybridized carbons (Fsp3) is 0.467. The van der Waals surface area contributed by atoms with Crippen LogP contribution in [0.1, 0.15) is 24.4 Å². The normalized spacial score (nSPS) is 19.9. The number of carbonyl (C=O) groups is 2. The highest BCUT2D eigenvalue weighted by atomic mass is 16.5. The number of piperidine rings is 1. The summed E-state index contributed by atoms with van der Waals surface area (Å²) in [6.07, 6.45) is 1.83. The molecule has 2 rings (SSSR count). The van der Waals surface area contributed by atoms with Crippen molar-refractivity contribution >= 4 is 11.9 Å². The summed E-state index contributed by atoms with van der Waals surface area (Å²) in [5.74, 6) is -0.635. The van der Waals surface area contributed by atoms with Gasteiger partial charge in [-0.25, -0.2) is 4.79 Å². The number of methoxy groups -OCH3 is 1. The number of rotatable bonds is 4. The van der Waals surface area contributed by atoms with E-state index < -0.39 is 12.0 Å². The molecule has 2 unspecified atom stereocenters. The van der Waals surface area contributed by atoms with Crippen molar-refractivity contribution in [1.29, 1.82) is 0 Å². The van der Waals surface area contributed by atoms with Crippen molar-refractivity contribution in [3.05, 3.63) is 35.9 Å². The Balaban J connectivity index is 2.08. The van der Waals surface area contributed by atoms with E-state index in [-0.39, 0.29) is 11.8 Å². The van der Waals surface area contributed by atoms with Crippen molar-refractivity contribution in [1.82, 2.24) is 10.6 Å². The zero-order valence-electron chi connectivity index (χ0n) is 11.6. The minimum atomic E-state index is -0.740. The Hall–Kier alpha value is -1.88. The molecule has 1 aromatic rings. The Kier molecular flexibility index (Phi) is 5.12. The summed E-state index contributed by atoms with van der Waals surface area (Å²) in [4.78, 5) is 24.1. The van der Waals surface area contributed by atoms with E-state index in [0.717, 1.165) is 24.9 Å². The van der Waals surface area contributed by atoms with Crippen LogP contribution in [0.5, 0.6) is 0 Å². The minimum absolute atomic E-state index is 0.0837. The van der Waals surface area contributed by atoms with Gasteiger partial charge in [-0.3, -0.25) is 4.79 Å². The molecular weight excluding hydrogens is 256 g/mol. The van der Waals surface area contributed by atoms with E-state index in [2.05, 4.69) is 10.6 Å². The lowest BCUT2D eigenvalue weighted by atomic mass is 9.97. The van der Waals surface area contributed by atoms with E-state index in [4.69, 9.17) is 4.74 Å². The van der Waals surface area contributed by atoms with Gasteiger partial charge in [0.1, 0.15) is 0 Å².